The fourth-order valence-electron chi connectivity index (χ4n) is 2.32. The number of unbranched alkanes of at least 4 members (excludes halogenated alkanes) is 2. The average Bonchev–Trinajstić information content (AvgIpc) is 2.75. The number of nitrogens with zero attached hydrogens (tertiary/aromatic N) is 2. The van der Waals surface area contributed by atoms with Gasteiger partial charge in [-0.05, 0) is 60.7 Å². The average molecular weight is 354 g/mol. The molecule has 2 N–H and O–H groups in total. The van der Waals surface area contributed by atoms with Crippen LogP contribution in [-0.4, -0.2) is 33.6 Å². The molecule has 0 saturated carbocycles. The van der Waals surface area contributed by atoms with Crippen LogP contribution < -0.4 is 5.32 Å². The van der Waals surface area contributed by atoms with Crippen molar-refractivity contribution in [3.8, 4) is 0 Å². The Labute approximate surface area is 132 Å². The predicted molar refractivity (Wildman–Crippen MR) is 85.6 cm³/mol. The van der Waals surface area contributed by atoms with Gasteiger partial charge in [0.25, 0.3) is 5.91 Å². The number of hydrogen-bond acceptors (Lipinski definition) is 3. The first-order valence-electron chi connectivity index (χ1n) is 7.08. The first-order valence-corrected chi connectivity index (χ1v) is 7.87. The molecule has 2 aromatic heterocycles. The molecule has 0 aliphatic heterocycles. The Bertz CT molecular complexity index is 652. The zero-order valence-electron chi connectivity index (χ0n) is 12.3. The number of rotatable bonds is 6. The zero-order valence-corrected chi connectivity index (χ0v) is 13.9. The lowest BCUT2D eigenvalue weighted by Crippen LogP contribution is -2.26. The van der Waals surface area contributed by atoms with Crippen molar-refractivity contribution in [2.24, 2.45) is 0 Å². The number of hydrogen-bond donors (Lipinski definition) is 2. The van der Waals surface area contributed by atoms with E-state index < -0.39 is 0 Å². The Hall–Kier alpha value is -1.40. The van der Waals surface area contributed by atoms with E-state index in [1.54, 1.807) is 0 Å². The molecule has 2 aromatic rings. The molecule has 114 valence electrons. The van der Waals surface area contributed by atoms with Gasteiger partial charge in [-0.3, -0.25) is 9.20 Å². The number of carbonyl (C=O) groups excluding carboxylic acids is 1. The quantitative estimate of drug-likeness (QED) is 0.784. The molecule has 0 saturated heterocycles. The summed E-state index contributed by atoms with van der Waals surface area (Å²) in [5, 5.41) is 11.6. The van der Waals surface area contributed by atoms with Crippen LogP contribution >= 0.6 is 15.9 Å². The van der Waals surface area contributed by atoms with Gasteiger partial charge in [0.05, 0.1) is 10.2 Å². The van der Waals surface area contributed by atoms with Crippen LogP contribution in [0, 0.1) is 13.8 Å². The number of fused-ring (bicyclic) bond motifs is 1. The molecule has 2 heterocycles. The molecule has 0 atom stereocenters. The van der Waals surface area contributed by atoms with Crippen molar-refractivity contribution in [3.05, 3.63) is 33.7 Å². The summed E-state index contributed by atoms with van der Waals surface area (Å²) in [6.45, 7) is 4.64. The van der Waals surface area contributed by atoms with E-state index in [1.165, 1.54) is 0 Å². The molecule has 0 unspecified atom stereocenters. The highest BCUT2D eigenvalue weighted by atomic mass is 79.9. The third kappa shape index (κ3) is 3.63. The van der Waals surface area contributed by atoms with E-state index >= 15 is 0 Å². The van der Waals surface area contributed by atoms with Gasteiger partial charge in [-0.25, -0.2) is 4.98 Å². The third-order valence-electron chi connectivity index (χ3n) is 3.32. The second kappa shape index (κ2) is 7.04. The molecule has 21 heavy (non-hydrogen) atoms. The van der Waals surface area contributed by atoms with Crippen molar-refractivity contribution < 1.29 is 9.90 Å². The van der Waals surface area contributed by atoms with E-state index in [4.69, 9.17) is 5.11 Å². The van der Waals surface area contributed by atoms with Crippen LogP contribution in [0.15, 0.2) is 16.7 Å². The molecule has 0 radical (unpaired) electrons. The molecule has 1 amide bonds. The Morgan fingerprint density at radius 1 is 1.38 bits per heavy atom. The molecule has 0 fully saturated rings. The van der Waals surface area contributed by atoms with Crippen LogP contribution in [0.1, 0.15) is 41.0 Å². The largest absolute Gasteiger partial charge is 0.396 e. The standard InChI is InChI=1S/C15H20BrN3O2/c1-10-8-12(16)14-18-11(2)13(19(14)9-10)15(21)17-6-4-3-5-7-20/h8-9,20H,3-7H2,1-2H3,(H,17,21). The molecular formula is C15H20BrN3O2. The monoisotopic (exact) mass is 353 g/mol. The molecule has 0 bridgehead atoms. The van der Waals surface area contributed by atoms with Crippen LogP contribution in [0.3, 0.4) is 0 Å². The summed E-state index contributed by atoms with van der Waals surface area (Å²) in [7, 11) is 0. The van der Waals surface area contributed by atoms with Gasteiger partial charge in [-0.2, -0.15) is 0 Å². The topological polar surface area (TPSA) is 66.6 Å². The summed E-state index contributed by atoms with van der Waals surface area (Å²) in [6, 6.07) is 1.98. The highest BCUT2D eigenvalue weighted by Crippen LogP contribution is 2.22. The molecule has 2 rings (SSSR count). The Morgan fingerprint density at radius 3 is 2.86 bits per heavy atom. The van der Waals surface area contributed by atoms with Crippen molar-refractivity contribution in [1.29, 1.82) is 0 Å². The summed E-state index contributed by atoms with van der Waals surface area (Å²) in [4.78, 5) is 16.8. The van der Waals surface area contributed by atoms with Crippen molar-refractivity contribution >= 4 is 27.5 Å². The molecular weight excluding hydrogens is 334 g/mol. The van der Waals surface area contributed by atoms with Crippen molar-refractivity contribution in [2.75, 3.05) is 13.2 Å². The van der Waals surface area contributed by atoms with Crippen molar-refractivity contribution in [1.82, 2.24) is 14.7 Å². The fraction of sp³-hybridized carbons (Fsp3) is 0.467. The number of amides is 1. The van der Waals surface area contributed by atoms with Gasteiger partial charge in [0.2, 0.25) is 0 Å². The molecule has 0 aliphatic rings. The van der Waals surface area contributed by atoms with E-state index in [9.17, 15) is 4.79 Å². The SMILES string of the molecule is Cc1cc(Br)c2nc(C)c(C(=O)NCCCCCO)n2c1. The minimum Gasteiger partial charge on any atom is -0.396 e. The number of pyridine rings is 1. The maximum absolute atomic E-state index is 12.4. The number of aromatic nitrogens is 2. The van der Waals surface area contributed by atoms with E-state index in [0.29, 0.717) is 17.9 Å². The Kier molecular flexibility index (Phi) is 5.36. The predicted octanol–water partition coefficient (Wildman–Crippen LogP) is 2.61. The highest BCUT2D eigenvalue weighted by Gasteiger charge is 2.17. The first kappa shape index (κ1) is 16.0. The van der Waals surface area contributed by atoms with Crippen LogP contribution in [0.4, 0.5) is 0 Å². The van der Waals surface area contributed by atoms with Gasteiger partial charge in [-0.1, -0.05) is 0 Å². The Balaban J connectivity index is 2.17. The lowest BCUT2D eigenvalue weighted by atomic mass is 10.2. The normalized spacial score (nSPS) is 11.0. The summed E-state index contributed by atoms with van der Waals surface area (Å²) in [5.74, 6) is -0.110. The second-order valence-corrected chi connectivity index (χ2v) is 6.00. The number of aryl methyl sites for hydroxylation is 2. The van der Waals surface area contributed by atoms with E-state index in [1.807, 2.05) is 30.5 Å². The lowest BCUT2D eigenvalue weighted by Gasteiger charge is -2.07. The van der Waals surface area contributed by atoms with Crippen molar-refractivity contribution in [2.45, 2.75) is 33.1 Å². The highest BCUT2D eigenvalue weighted by molar-refractivity contribution is 9.10. The smallest absolute Gasteiger partial charge is 0.270 e. The number of aliphatic hydroxyl groups is 1. The van der Waals surface area contributed by atoms with Crippen LogP contribution in [0.5, 0.6) is 0 Å². The minimum absolute atomic E-state index is 0.110. The van der Waals surface area contributed by atoms with Crippen LogP contribution in [0.2, 0.25) is 0 Å². The molecule has 6 heteroatoms. The van der Waals surface area contributed by atoms with E-state index in [2.05, 4.69) is 26.2 Å². The summed E-state index contributed by atoms with van der Waals surface area (Å²) >= 11 is 3.49. The van der Waals surface area contributed by atoms with Gasteiger partial charge < -0.3 is 10.4 Å². The van der Waals surface area contributed by atoms with Gasteiger partial charge in [0.15, 0.2) is 5.65 Å². The lowest BCUT2D eigenvalue weighted by molar-refractivity contribution is 0.0946. The maximum Gasteiger partial charge on any atom is 0.270 e. The number of aliphatic hydroxyl groups excluding tert-OH is 1. The van der Waals surface area contributed by atoms with Crippen molar-refractivity contribution in [3.63, 3.8) is 0 Å². The first-order chi connectivity index (χ1) is 10.0. The third-order valence-corrected chi connectivity index (χ3v) is 3.91. The van der Waals surface area contributed by atoms with E-state index in [-0.39, 0.29) is 12.5 Å². The second-order valence-electron chi connectivity index (χ2n) is 5.14. The number of halogens is 1. The molecule has 0 spiro atoms. The molecule has 0 aliphatic carbocycles. The molecule has 0 aromatic carbocycles. The number of nitrogens with one attached hydrogen (secondary N) is 1. The summed E-state index contributed by atoms with van der Waals surface area (Å²) in [6.07, 6.45) is 4.47. The van der Waals surface area contributed by atoms with Crippen LogP contribution in [0.25, 0.3) is 5.65 Å². The van der Waals surface area contributed by atoms with Gasteiger partial charge in [0.1, 0.15) is 5.69 Å². The maximum atomic E-state index is 12.4. The van der Waals surface area contributed by atoms with Gasteiger partial charge in [-0.15, -0.1) is 0 Å². The zero-order chi connectivity index (χ0) is 15.4. The Morgan fingerprint density at radius 2 is 2.14 bits per heavy atom. The summed E-state index contributed by atoms with van der Waals surface area (Å²) < 4.78 is 2.71. The van der Waals surface area contributed by atoms with E-state index in [0.717, 1.165) is 34.9 Å². The molecule has 5 nitrogen and oxygen atoms in total. The van der Waals surface area contributed by atoms with Gasteiger partial charge in [0, 0.05) is 19.3 Å². The number of carbonyl (C=O) groups is 1. The fourth-order valence-corrected chi connectivity index (χ4v) is 2.96. The summed E-state index contributed by atoms with van der Waals surface area (Å²) in [5.41, 5.74) is 3.11. The van der Waals surface area contributed by atoms with Gasteiger partial charge >= 0.3 is 0 Å². The van der Waals surface area contributed by atoms with Crippen LogP contribution in [-0.2, 0) is 0 Å². The minimum atomic E-state index is -0.110. The number of imidazole rings is 1.